The lowest BCUT2D eigenvalue weighted by Gasteiger charge is -1.96. The van der Waals surface area contributed by atoms with Crippen molar-refractivity contribution in [2.24, 2.45) is 5.73 Å². The average molecular weight is 165 g/mol. The van der Waals surface area contributed by atoms with E-state index < -0.39 is 0 Å². The van der Waals surface area contributed by atoms with Crippen molar-refractivity contribution < 1.29 is 4.39 Å². The summed E-state index contributed by atoms with van der Waals surface area (Å²) < 4.78 is 13.1. The zero-order valence-electron chi connectivity index (χ0n) is 6.34. The lowest BCUT2D eigenvalue weighted by atomic mass is 10.2. The third-order valence-electron chi connectivity index (χ3n) is 1.77. The number of nitrogens with zero attached hydrogens (tertiary/aromatic N) is 1. The van der Waals surface area contributed by atoms with Crippen LogP contribution in [-0.4, -0.2) is 9.97 Å². The van der Waals surface area contributed by atoms with Crippen LogP contribution in [0.1, 0.15) is 5.56 Å². The molecular formula is C8H8FN3. The predicted molar refractivity (Wildman–Crippen MR) is 43.9 cm³/mol. The minimum absolute atomic E-state index is 0.325. The number of nitrogens with one attached hydrogen (secondary N) is 1. The second-order valence-corrected chi connectivity index (χ2v) is 2.58. The van der Waals surface area contributed by atoms with E-state index in [2.05, 4.69) is 9.97 Å². The van der Waals surface area contributed by atoms with Gasteiger partial charge in [-0.15, -0.1) is 0 Å². The number of nitrogens with two attached hydrogens (primary N) is 1. The van der Waals surface area contributed by atoms with Crippen LogP contribution in [0.3, 0.4) is 0 Å². The van der Waals surface area contributed by atoms with Crippen molar-refractivity contribution in [3.8, 4) is 0 Å². The number of H-pyrrole nitrogens is 1. The van der Waals surface area contributed by atoms with Crippen LogP contribution in [0.25, 0.3) is 11.0 Å². The summed E-state index contributed by atoms with van der Waals surface area (Å²) in [6, 6.07) is 3.20. The van der Waals surface area contributed by atoms with E-state index in [-0.39, 0.29) is 5.82 Å². The lowest BCUT2D eigenvalue weighted by molar-refractivity contribution is 0.635. The Balaban J connectivity index is 2.75. The second kappa shape index (κ2) is 2.57. The van der Waals surface area contributed by atoms with Crippen molar-refractivity contribution in [2.45, 2.75) is 6.54 Å². The van der Waals surface area contributed by atoms with Gasteiger partial charge in [-0.05, 0) is 17.7 Å². The molecule has 2 aromatic rings. The largest absolute Gasteiger partial charge is 0.344 e. The quantitative estimate of drug-likeness (QED) is 0.666. The summed E-state index contributed by atoms with van der Waals surface area (Å²) in [4.78, 5) is 6.65. The van der Waals surface area contributed by atoms with E-state index in [4.69, 9.17) is 5.73 Å². The summed E-state index contributed by atoms with van der Waals surface area (Å²) in [7, 11) is 0. The SMILES string of the molecule is NCc1cc(F)c2nc[nH]c2c1. The van der Waals surface area contributed by atoms with Crippen LogP contribution in [-0.2, 0) is 6.54 Å². The Morgan fingerprint density at radius 3 is 3.08 bits per heavy atom. The lowest BCUT2D eigenvalue weighted by Crippen LogP contribution is -1.96. The minimum atomic E-state index is -0.325. The van der Waals surface area contributed by atoms with E-state index >= 15 is 0 Å². The maximum absolute atomic E-state index is 13.1. The molecule has 12 heavy (non-hydrogen) atoms. The Bertz CT molecular complexity index is 408. The molecule has 4 heteroatoms. The van der Waals surface area contributed by atoms with Crippen LogP contribution in [0.2, 0.25) is 0 Å². The smallest absolute Gasteiger partial charge is 0.151 e. The van der Waals surface area contributed by atoms with Crippen molar-refractivity contribution >= 4 is 11.0 Å². The molecule has 3 N–H and O–H groups in total. The molecule has 0 aliphatic carbocycles. The Morgan fingerprint density at radius 2 is 2.33 bits per heavy atom. The Labute approximate surface area is 68.4 Å². The van der Waals surface area contributed by atoms with Gasteiger partial charge in [-0.1, -0.05) is 0 Å². The van der Waals surface area contributed by atoms with E-state index in [1.807, 2.05) is 0 Å². The molecule has 0 bridgehead atoms. The van der Waals surface area contributed by atoms with E-state index in [1.165, 1.54) is 12.4 Å². The van der Waals surface area contributed by atoms with Gasteiger partial charge < -0.3 is 10.7 Å². The molecule has 1 aromatic heterocycles. The molecule has 1 heterocycles. The summed E-state index contributed by atoms with van der Waals surface area (Å²) in [6.45, 7) is 0.339. The summed E-state index contributed by atoms with van der Waals surface area (Å²) in [5.74, 6) is -0.325. The van der Waals surface area contributed by atoms with Gasteiger partial charge >= 0.3 is 0 Å². The van der Waals surface area contributed by atoms with Gasteiger partial charge in [0.2, 0.25) is 0 Å². The fraction of sp³-hybridized carbons (Fsp3) is 0.125. The van der Waals surface area contributed by atoms with Crippen LogP contribution >= 0.6 is 0 Å². The minimum Gasteiger partial charge on any atom is -0.344 e. The normalized spacial score (nSPS) is 10.8. The molecule has 0 amide bonds. The van der Waals surface area contributed by atoms with Gasteiger partial charge in [0.05, 0.1) is 11.8 Å². The highest BCUT2D eigenvalue weighted by Crippen LogP contribution is 2.15. The number of hydrogen-bond acceptors (Lipinski definition) is 2. The number of hydrogen-bond donors (Lipinski definition) is 2. The molecule has 62 valence electrons. The van der Waals surface area contributed by atoms with Crippen molar-refractivity contribution in [3.05, 3.63) is 29.8 Å². The molecule has 0 saturated carbocycles. The first-order valence-electron chi connectivity index (χ1n) is 3.63. The van der Waals surface area contributed by atoms with Gasteiger partial charge in [-0.2, -0.15) is 0 Å². The van der Waals surface area contributed by atoms with Crippen molar-refractivity contribution in [3.63, 3.8) is 0 Å². The maximum Gasteiger partial charge on any atom is 0.151 e. The van der Waals surface area contributed by atoms with Crippen LogP contribution in [0.4, 0.5) is 4.39 Å². The predicted octanol–water partition coefficient (Wildman–Crippen LogP) is 1.16. The summed E-state index contributed by atoms with van der Waals surface area (Å²) >= 11 is 0. The zero-order valence-corrected chi connectivity index (χ0v) is 6.34. The number of halogens is 1. The van der Waals surface area contributed by atoms with E-state index in [1.54, 1.807) is 6.07 Å². The molecular weight excluding hydrogens is 157 g/mol. The van der Waals surface area contributed by atoms with Gasteiger partial charge in [0.1, 0.15) is 5.52 Å². The van der Waals surface area contributed by atoms with Gasteiger partial charge in [0, 0.05) is 6.54 Å². The first-order chi connectivity index (χ1) is 5.81. The topological polar surface area (TPSA) is 54.7 Å². The van der Waals surface area contributed by atoms with Gasteiger partial charge in [0.15, 0.2) is 5.82 Å². The fourth-order valence-corrected chi connectivity index (χ4v) is 1.18. The number of aromatic amines is 1. The third-order valence-corrected chi connectivity index (χ3v) is 1.77. The molecule has 3 nitrogen and oxygen atoms in total. The first-order valence-corrected chi connectivity index (χ1v) is 3.63. The number of rotatable bonds is 1. The second-order valence-electron chi connectivity index (χ2n) is 2.58. The standard InChI is InChI=1S/C8H8FN3/c9-6-1-5(3-10)2-7-8(6)12-4-11-7/h1-2,4H,3,10H2,(H,11,12). The van der Waals surface area contributed by atoms with E-state index in [9.17, 15) is 4.39 Å². The molecule has 1 aromatic carbocycles. The van der Waals surface area contributed by atoms with E-state index in [0.29, 0.717) is 17.6 Å². The Morgan fingerprint density at radius 1 is 1.50 bits per heavy atom. The molecule has 0 unspecified atom stereocenters. The highest BCUT2D eigenvalue weighted by molar-refractivity contribution is 5.75. The van der Waals surface area contributed by atoms with Crippen molar-refractivity contribution in [1.29, 1.82) is 0 Å². The van der Waals surface area contributed by atoms with Gasteiger partial charge in [-0.25, -0.2) is 9.37 Å². The highest BCUT2D eigenvalue weighted by Gasteiger charge is 2.04. The molecule has 0 fully saturated rings. The Kier molecular flexibility index (Phi) is 1.55. The molecule has 0 aliphatic rings. The van der Waals surface area contributed by atoms with Crippen LogP contribution < -0.4 is 5.73 Å². The van der Waals surface area contributed by atoms with Crippen LogP contribution in [0, 0.1) is 5.82 Å². The van der Waals surface area contributed by atoms with E-state index in [0.717, 1.165) is 5.56 Å². The van der Waals surface area contributed by atoms with Crippen molar-refractivity contribution in [1.82, 2.24) is 9.97 Å². The first kappa shape index (κ1) is 7.24. The highest BCUT2D eigenvalue weighted by atomic mass is 19.1. The molecule has 0 saturated heterocycles. The molecule has 0 radical (unpaired) electrons. The van der Waals surface area contributed by atoms with Crippen molar-refractivity contribution in [2.75, 3.05) is 0 Å². The monoisotopic (exact) mass is 165 g/mol. The third kappa shape index (κ3) is 0.967. The fourth-order valence-electron chi connectivity index (χ4n) is 1.18. The summed E-state index contributed by atoms with van der Waals surface area (Å²) in [5, 5.41) is 0. The average Bonchev–Trinajstić information content (AvgIpc) is 2.52. The van der Waals surface area contributed by atoms with Gasteiger partial charge in [-0.3, -0.25) is 0 Å². The Hall–Kier alpha value is -1.42. The number of fused-ring (bicyclic) bond motifs is 1. The van der Waals surface area contributed by atoms with Gasteiger partial charge in [0.25, 0.3) is 0 Å². The molecule has 0 atom stereocenters. The molecule has 0 spiro atoms. The summed E-state index contributed by atoms with van der Waals surface area (Å²) in [6.07, 6.45) is 1.47. The number of imidazole rings is 1. The summed E-state index contributed by atoms with van der Waals surface area (Å²) in [5.41, 5.74) is 7.20. The zero-order chi connectivity index (χ0) is 8.55. The van der Waals surface area contributed by atoms with Crippen LogP contribution in [0.15, 0.2) is 18.5 Å². The number of benzene rings is 1. The maximum atomic E-state index is 13.1. The van der Waals surface area contributed by atoms with Crippen LogP contribution in [0.5, 0.6) is 0 Å². The number of aromatic nitrogens is 2. The molecule has 0 aliphatic heterocycles. The molecule has 2 rings (SSSR count).